The molecule has 0 saturated carbocycles. The van der Waals surface area contributed by atoms with E-state index in [9.17, 15) is 18.0 Å². The minimum Gasteiger partial charge on any atom is -0.420 e. The maximum absolute atomic E-state index is 12.5. The minimum absolute atomic E-state index is 0.205. The topological polar surface area (TPSA) is 69.4 Å². The standard InChI is InChI=1S/C24H15F3N4O2/c1-14-29-30-22-19-13-18(15-5-3-2-4-6-15)21(28-20(19)11-12-31(14)22)16-7-9-17(10-8-16)33-23(32)24(25,26)27/h2-13H,1H3. The number of pyridine rings is 2. The number of rotatable bonds is 3. The molecule has 164 valence electrons. The number of benzene rings is 2. The van der Waals surface area contributed by atoms with Crippen molar-refractivity contribution in [2.24, 2.45) is 0 Å². The third kappa shape index (κ3) is 3.78. The monoisotopic (exact) mass is 448 g/mol. The van der Waals surface area contributed by atoms with Crippen LogP contribution < -0.4 is 4.74 Å². The van der Waals surface area contributed by atoms with Gasteiger partial charge in [0.05, 0.1) is 11.2 Å². The smallest absolute Gasteiger partial charge is 0.420 e. The highest BCUT2D eigenvalue weighted by molar-refractivity contribution is 5.98. The van der Waals surface area contributed by atoms with E-state index in [0.29, 0.717) is 22.4 Å². The van der Waals surface area contributed by atoms with Crippen LogP contribution in [0.4, 0.5) is 13.2 Å². The van der Waals surface area contributed by atoms with Gasteiger partial charge in [-0.3, -0.25) is 4.40 Å². The van der Waals surface area contributed by atoms with Gasteiger partial charge in [0, 0.05) is 22.7 Å². The van der Waals surface area contributed by atoms with Gasteiger partial charge in [0.15, 0.2) is 5.65 Å². The zero-order valence-corrected chi connectivity index (χ0v) is 17.2. The van der Waals surface area contributed by atoms with Crippen LogP contribution in [-0.4, -0.2) is 31.7 Å². The Morgan fingerprint density at radius 2 is 1.67 bits per heavy atom. The minimum atomic E-state index is -5.07. The summed E-state index contributed by atoms with van der Waals surface area (Å²) in [5.74, 6) is -1.72. The second-order valence-electron chi connectivity index (χ2n) is 7.35. The molecule has 3 heterocycles. The van der Waals surface area contributed by atoms with Gasteiger partial charge in [-0.2, -0.15) is 13.2 Å². The molecule has 0 amide bonds. The van der Waals surface area contributed by atoms with E-state index in [0.717, 1.165) is 22.3 Å². The Bertz CT molecular complexity index is 1490. The maximum Gasteiger partial charge on any atom is 0.491 e. The Morgan fingerprint density at radius 1 is 0.939 bits per heavy atom. The predicted molar refractivity (Wildman–Crippen MR) is 116 cm³/mol. The number of fused-ring (bicyclic) bond motifs is 3. The van der Waals surface area contributed by atoms with E-state index >= 15 is 0 Å². The first-order chi connectivity index (χ1) is 15.8. The SMILES string of the molecule is Cc1nnc2c3cc(-c4ccccc4)c(-c4ccc(OC(=O)C(F)(F)F)cc4)nc3ccn12. The maximum atomic E-state index is 12.5. The highest BCUT2D eigenvalue weighted by Crippen LogP contribution is 2.35. The predicted octanol–water partition coefficient (Wildman–Crippen LogP) is 5.39. The quantitative estimate of drug-likeness (QED) is 0.274. The molecule has 0 saturated heterocycles. The summed E-state index contributed by atoms with van der Waals surface area (Å²) in [6.45, 7) is 1.86. The summed E-state index contributed by atoms with van der Waals surface area (Å²) in [6.07, 6.45) is -3.23. The van der Waals surface area contributed by atoms with E-state index in [-0.39, 0.29) is 5.75 Å². The molecular weight excluding hydrogens is 433 g/mol. The number of carbonyl (C=O) groups excluding carboxylic acids is 1. The molecule has 0 bridgehead atoms. The summed E-state index contributed by atoms with van der Waals surface area (Å²) in [7, 11) is 0. The van der Waals surface area contributed by atoms with Crippen LogP contribution >= 0.6 is 0 Å². The lowest BCUT2D eigenvalue weighted by atomic mass is 9.97. The van der Waals surface area contributed by atoms with Gasteiger partial charge >= 0.3 is 12.1 Å². The fraction of sp³-hybridized carbons (Fsp3) is 0.0833. The van der Waals surface area contributed by atoms with Crippen molar-refractivity contribution >= 4 is 22.5 Å². The first kappa shape index (κ1) is 20.6. The van der Waals surface area contributed by atoms with Crippen molar-refractivity contribution in [3.63, 3.8) is 0 Å². The molecule has 0 radical (unpaired) electrons. The first-order valence-corrected chi connectivity index (χ1v) is 9.91. The second-order valence-corrected chi connectivity index (χ2v) is 7.35. The lowest BCUT2D eigenvalue weighted by Gasteiger charge is -2.13. The number of aryl methyl sites for hydroxylation is 1. The molecule has 5 aromatic rings. The van der Waals surface area contributed by atoms with E-state index < -0.39 is 12.1 Å². The highest BCUT2D eigenvalue weighted by Gasteiger charge is 2.41. The number of ether oxygens (including phenoxy) is 1. The molecule has 33 heavy (non-hydrogen) atoms. The van der Waals surface area contributed by atoms with E-state index in [2.05, 4.69) is 14.9 Å². The molecule has 6 nitrogen and oxygen atoms in total. The Hall–Kier alpha value is -4.27. The average Bonchev–Trinajstić information content (AvgIpc) is 3.20. The molecule has 0 N–H and O–H groups in total. The van der Waals surface area contributed by atoms with Crippen molar-refractivity contribution in [1.82, 2.24) is 19.6 Å². The fourth-order valence-electron chi connectivity index (χ4n) is 3.61. The number of nitrogens with zero attached hydrogens (tertiary/aromatic N) is 4. The van der Waals surface area contributed by atoms with Crippen molar-refractivity contribution < 1.29 is 22.7 Å². The molecule has 3 aromatic heterocycles. The van der Waals surface area contributed by atoms with Gasteiger partial charge in [-0.25, -0.2) is 9.78 Å². The summed E-state index contributed by atoms with van der Waals surface area (Å²) in [5.41, 5.74) is 4.38. The third-order valence-corrected chi connectivity index (χ3v) is 5.20. The van der Waals surface area contributed by atoms with E-state index in [1.807, 2.05) is 60.0 Å². The lowest BCUT2D eigenvalue weighted by Crippen LogP contribution is -2.27. The van der Waals surface area contributed by atoms with Crippen LogP contribution in [0, 0.1) is 6.92 Å². The number of esters is 1. The average molecular weight is 448 g/mol. The number of alkyl halides is 3. The van der Waals surface area contributed by atoms with Gasteiger partial charge in [-0.05, 0) is 48.9 Å². The number of hydrogen-bond acceptors (Lipinski definition) is 5. The van der Waals surface area contributed by atoms with E-state index in [1.165, 1.54) is 12.1 Å². The van der Waals surface area contributed by atoms with Crippen LogP contribution in [0.25, 0.3) is 38.9 Å². The van der Waals surface area contributed by atoms with Gasteiger partial charge in [0.25, 0.3) is 0 Å². The van der Waals surface area contributed by atoms with Crippen molar-refractivity contribution in [1.29, 1.82) is 0 Å². The van der Waals surface area contributed by atoms with Crippen LogP contribution in [0.2, 0.25) is 0 Å². The molecule has 5 rings (SSSR count). The zero-order valence-electron chi connectivity index (χ0n) is 17.2. The van der Waals surface area contributed by atoms with Gasteiger partial charge in [0.1, 0.15) is 11.6 Å². The van der Waals surface area contributed by atoms with Gasteiger partial charge in [-0.15, -0.1) is 10.2 Å². The number of halogens is 3. The van der Waals surface area contributed by atoms with E-state index in [4.69, 9.17) is 4.98 Å². The van der Waals surface area contributed by atoms with Gasteiger partial charge in [-0.1, -0.05) is 30.3 Å². The van der Waals surface area contributed by atoms with Crippen molar-refractivity contribution in [2.75, 3.05) is 0 Å². The molecule has 0 aliphatic carbocycles. The summed E-state index contributed by atoms with van der Waals surface area (Å²) in [6, 6.07) is 19.2. The molecule has 0 spiro atoms. The van der Waals surface area contributed by atoms with Crippen molar-refractivity contribution in [2.45, 2.75) is 13.1 Å². The summed E-state index contributed by atoms with van der Waals surface area (Å²) < 4.78 is 43.7. The van der Waals surface area contributed by atoms with Crippen LogP contribution in [0.1, 0.15) is 5.82 Å². The van der Waals surface area contributed by atoms with Crippen LogP contribution in [0.15, 0.2) is 72.9 Å². The van der Waals surface area contributed by atoms with Gasteiger partial charge < -0.3 is 4.74 Å². The van der Waals surface area contributed by atoms with E-state index in [1.54, 1.807) is 12.1 Å². The van der Waals surface area contributed by atoms with Crippen LogP contribution in [0.5, 0.6) is 5.75 Å². The molecule has 9 heteroatoms. The third-order valence-electron chi connectivity index (χ3n) is 5.20. The van der Waals surface area contributed by atoms with Crippen molar-refractivity contribution in [3.05, 3.63) is 78.8 Å². The number of aromatic nitrogens is 4. The lowest BCUT2D eigenvalue weighted by molar-refractivity contribution is -0.189. The van der Waals surface area contributed by atoms with Gasteiger partial charge in [0.2, 0.25) is 0 Å². The summed E-state index contributed by atoms with van der Waals surface area (Å²) in [4.78, 5) is 16.0. The molecule has 0 fully saturated rings. The molecular formula is C24H15F3N4O2. The summed E-state index contributed by atoms with van der Waals surface area (Å²) >= 11 is 0. The Morgan fingerprint density at radius 3 is 2.36 bits per heavy atom. The first-order valence-electron chi connectivity index (χ1n) is 9.91. The molecule has 0 unspecified atom stereocenters. The summed E-state index contributed by atoms with van der Waals surface area (Å²) in [5, 5.41) is 9.23. The normalized spacial score (nSPS) is 11.8. The Kier molecular flexibility index (Phi) is 4.81. The Balaban J connectivity index is 1.65. The second kappa shape index (κ2) is 7.70. The van der Waals surface area contributed by atoms with Crippen molar-refractivity contribution in [3.8, 4) is 28.1 Å². The molecule has 0 aliphatic rings. The highest BCUT2D eigenvalue weighted by atomic mass is 19.4. The number of carbonyl (C=O) groups is 1. The largest absolute Gasteiger partial charge is 0.491 e. The van der Waals surface area contributed by atoms with Crippen LogP contribution in [0.3, 0.4) is 0 Å². The van der Waals surface area contributed by atoms with Crippen LogP contribution in [-0.2, 0) is 4.79 Å². The number of hydrogen-bond donors (Lipinski definition) is 0. The zero-order chi connectivity index (χ0) is 23.2. The molecule has 0 atom stereocenters. The molecule has 2 aromatic carbocycles. The fourth-order valence-corrected chi connectivity index (χ4v) is 3.61. The Labute approximate surface area is 185 Å². The molecule has 0 aliphatic heterocycles.